The first kappa shape index (κ1) is 22.3. The van der Waals surface area contributed by atoms with Crippen LogP contribution in [0, 0.1) is 0 Å². The fourth-order valence-electron chi connectivity index (χ4n) is 3.90. The standard InChI is InChI=1S/C29H26N4O2/c1-34-29-19-26(35-20-25-7-2-3-16-30-25)15-12-22(29)11-14-24-18-23(32-33-24)13-10-21-6-4-9-28-27(21)8-5-17-31-28/h2-6,8-19,25H,7,20H2,1H3,(H,32,33)/b13-10+,14-11+. The van der Waals surface area contributed by atoms with E-state index in [0.717, 1.165) is 51.3 Å². The number of hydrogen-bond acceptors (Lipinski definition) is 5. The minimum absolute atomic E-state index is 0.158. The molecule has 1 aliphatic heterocycles. The van der Waals surface area contributed by atoms with Gasteiger partial charge in [-0.15, -0.1) is 0 Å². The number of aliphatic imine (C=N–C) groups is 1. The van der Waals surface area contributed by atoms with E-state index in [-0.39, 0.29) is 6.04 Å². The molecule has 2 aromatic heterocycles. The molecular formula is C29H26N4O2. The van der Waals surface area contributed by atoms with E-state index < -0.39 is 0 Å². The average Bonchev–Trinajstić information content (AvgIpc) is 3.38. The second kappa shape index (κ2) is 10.7. The highest BCUT2D eigenvalue weighted by molar-refractivity contribution is 5.90. The van der Waals surface area contributed by atoms with Crippen molar-refractivity contribution in [2.24, 2.45) is 4.99 Å². The minimum atomic E-state index is 0.158. The zero-order chi connectivity index (χ0) is 23.9. The summed E-state index contributed by atoms with van der Waals surface area (Å²) in [5.74, 6) is 1.51. The lowest BCUT2D eigenvalue weighted by Crippen LogP contribution is -2.16. The summed E-state index contributed by atoms with van der Waals surface area (Å²) in [6.07, 6.45) is 16.6. The van der Waals surface area contributed by atoms with Crippen molar-refractivity contribution >= 4 is 41.4 Å². The maximum Gasteiger partial charge on any atom is 0.129 e. The quantitative estimate of drug-likeness (QED) is 0.344. The molecule has 0 aliphatic carbocycles. The molecule has 4 aromatic rings. The maximum atomic E-state index is 5.92. The molecule has 2 aromatic carbocycles. The van der Waals surface area contributed by atoms with Crippen molar-refractivity contribution in [3.63, 3.8) is 0 Å². The van der Waals surface area contributed by atoms with Crippen LogP contribution in [-0.2, 0) is 0 Å². The lowest BCUT2D eigenvalue weighted by atomic mass is 10.1. The van der Waals surface area contributed by atoms with Gasteiger partial charge in [-0.1, -0.05) is 30.4 Å². The highest BCUT2D eigenvalue weighted by Gasteiger charge is 2.09. The first-order valence-corrected chi connectivity index (χ1v) is 11.5. The van der Waals surface area contributed by atoms with Crippen LogP contribution in [0.15, 0.2) is 77.9 Å². The Kier molecular flexibility index (Phi) is 6.80. The minimum Gasteiger partial charge on any atom is -0.496 e. The van der Waals surface area contributed by atoms with E-state index in [2.05, 4.69) is 44.5 Å². The molecule has 1 N–H and O–H groups in total. The predicted molar refractivity (Wildman–Crippen MR) is 143 cm³/mol. The summed E-state index contributed by atoms with van der Waals surface area (Å²) >= 11 is 0. The summed E-state index contributed by atoms with van der Waals surface area (Å²) < 4.78 is 11.5. The molecule has 174 valence electrons. The number of hydrogen-bond donors (Lipinski definition) is 1. The SMILES string of the molecule is COc1cc(OCC2CC=CC=N2)ccc1/C=C/c1cc(/C=C/c2cccc3ncccc23)[nH]n1. The number of benzene rings is 2. The molecule has 5 rings (SSSR count). The van der Waals surface area contributed by atoms with Crippen LogP contribution in [0.4, 0.5) is 0 Å². The van der Waals surface area contributed by atoms with Crippen LogP contribution in [0.5, 0.6) is 11.5 Å². The van der Waals surface area contributed by atoms with Crippen LogP contribution < -0.4 is 9.47 Å². The Bertz CT molecular complexity index is 1430. The molecule has 35 heavy (non-hydrogen) atoms. The highest BCUT2D eigenvalue weighted by Crippen LogP contribution is 2.27. The van der Waals surface area contributed by atoms with E-state index in [1.54, 1.807) is 7.11 Å². The van der Waals surface area contributed by atoms with Gasteiger partial charge in [0, 0.05) is 29.4 Å². The van der Waals surface area contributed by atoms with Gasteiger partial charge in [-0.3, -0.25) is 15.1 Å². The molecule has 0 amide bonds. The number of dihydropyridines is 1. The molecule has 1 unspecified atom stereocenters. The van der Waals surface area contributed by atoms with Crippen molar-refractivity contribution in [3.05, 3.63) is 95.5 Å². The van der Waals surface area contributed by atoms with Crippen LogP contribution in [0.1, 0.15) is 28.9 Å². The number of ether oxygens (including phenoxy) is 2. The zero-order valence-electron chi connectivity index (χ0n) is 19.5. The molecular weight excluding hydrogens is 436 g/mol. The third-order valence-corrected chi connectivity index (χ3v) is 5.75. The van der Waals surface area contributed by atoms with E-state index in [0.29, 0.717) is 6.61 Å². The van der Waals surface area contributed by atoms with E-state index in [4.69, 9.17) is 9.47 Å². The number of rotatable bonds is 8. The van der Waals surface area contributed by atoms with Gasteiger partial charge in [0.1, 0.15) is 18.1 Å². The van der Waals surface area contributed by atoms with Crippen LogP contribution in [0.2, 0.25) is 0 Å². The summed E-state index contributed by atoms with van der Waals surface area (Å²) in [7, 11) is 1.66. The molecule has 6 nitrogen and oxygen atoms in total. The van der Waals surface area contributed by atoms with Gasteiger partial charge < -0.3 is 9.47 Å². The monoisotopic (exact) mass is 462 g/mol. The number of aromatic amines is 1. The van der Waals surface area contributed by atoms with Crippen molar-refractivity contribution in [3.8, 4) is 11.5 Å². The van der Waals surface area contributed by atoms with Gasteiger partial charge in [-0.05, 0) is 66.6 Å². The molecule has 0 radical (unpaired) electrons. The van der Waals surface area contributed by atoms with Gasteiger partial charge in [0.05, 0.1) is 30.1 Å². The maximum absolute atomic E-state index is 5.92. The van der Waals surface area contributed by atoms with E-state index in [1.807, 2.05) is 79.2 Å². The van der Waals surface area contributed by atoms with Gasteiger partial charge in [0.15, 0.2) is 0 Å². The molecule has 1 aliphatic rings. The summed E-state index contributed by atoms with van der Waals surface area (Å²) in [4.78, 5) is 8.83. The number of aromatic nitrogens is 3. The van der Waals surface area contributed by atoms with Gasteiger partial charge in [0.25, 0.3) is 0 Å². The third kappa shape index (κ3) is 5.55. The van der Waals surface area contributed by atoms with Crippen LogP contribution in [0.25, 0.3) is 35.2 Å². The third-order valence-electron chi connectivity index (χ3n) is 5.75. The largest absolute Gasteiger partial charge is 0.496 e. The lowest BCUT2D eigenvalue weighted by Gasteiger charge is -2.15. The van der Waals surface area contributed by atoms with E-state index in [9.17, 15) is 0 Å². The van der Waals surface area contributed by atoms with Crippen LogP contribution >= 0.6 is 0 Å². The number of nitrogens with one attached hydrogen (secondary N) is 1. The summed E-state index contributed by atoms with van der Waals surface area (Å²) in [5.41, 5.74) is 4.78. The van der Waals surface area contributed by atoms with E-state index in [1.165, 1.54) is 0 Å². The Morgan fingerprint density at radius 2 is 1.94 bits per heavy atom. The number of pyridine rings is 1. The first-order valence-electron chi connectivity index (χ1n) is 11.5. The Balaban J connectivity index is 1.25. The molecule has 1 atom stereocenters. The summed E-state index contributed by atoms with van der Waals surface area (Å²) in [6, 6.07) is 18.1. The van der Waals surface area contributed by atoms with Gasteiger partial charge in [-0.25, -0.2) is 0 Å². The lowest BCUT2D eigenvalue weighted by molar-refractivity contribution is 0.288. The fourth-order valence-corrected chi connectivity index (χ4v) is 3.90. The topological polar surface area (TPSA) is 72.4 Å². The normalized spacial score (nSPS) is 15.4. The number of allylic oxidation sites excluding steroid dienone is 1. The van der Waals surface area contributed by atoms with Crippen molar-refractivity contribution in [1.29, 1.82) is 0 Å². The molecule has 6 heteroatoms. The van der Waals surface area contributed by atoms with Crippen LogP contribution in [0.3, 0.4) is 0 Å². The van der Waals surface area contributed by atoms with Crippen LogP contribution in [-0.4, -0.2) is 41.2 Å². The second-order valence-electron chi connectivity index (χ2n) is 8.16. The summed E-state index contributed by atoms with van der Waals surface area (Å²) in [6.45, 7) is 0.540. The average molecular weight is 463 g/mol. The van der Waals surface area contributed by atoms with Crippen molar-refractivity contribution < 1.29 is 9.47 Å². The zero-order valence-corrected chi connectivity index (χ0v) is 19.5. The van der Waals surface area contributed by atoms with Gasteiger partial charge in [0.2, 0.25) is 0 Å². The molecule has 0 spiro atoms. The molecule has 3 heterocycles. The van der Waals surface area contributed by atoms with Crippen molar-refractivity contribution in [1.82, 2.24) is 15.2 Å². The smallest absolute Gasteiger partial charge is 0.129 e. The first-order chi connectivity index (χ1) is 17.3. The Morgan fingerprint density at radius 3 is 2.83 bits per heavy atom. The second-order valence-corrected chi connectivity index (χ2v) is 8.16. The molecule has 0 bridgehead atoms. The van der Waals surface area contributed by atoms with E-state index >= 15 is 0 Å². The Morgan fingerprint density at radius 1 is 1.00 bits per heavy atom. The number of fused-ring (bicyclic) bond motifs is 1. The van der Waals surface area contributed by atoms with Crippen molar-refractivity contribution in [2.45, 2.75) is 12.5 Å². The van der Waals surface area contributed by atoms with Gasteiger partial charge >= 0.3 is 0 Å². The molecule has 0 fully saturated rings. The van der Waals surface area contributed by atoms with Crippen molar-refractivity contribution in [2.75, 3.05) is 13.7 Å². The predicted octanol–water partition coefficient (Wildman–Crippen LogP) is 6.09. The number of methoxy groups -OCH3 is 1. The fraction of sp³-hybridized carbons (Fsp3) is 0.138. The summed E-state index contributed by atoms with van der Waals surface area (Å²) in [5, 5.41) is 8.59. The highest BCUT2D eigenvalue weighted by atomic mass is 16.5. The number of nitrogens with zero attached hydrogens (tertiary/aromatic N) is 3. The van der Waals surface area contributed by atoms with Gasteiger partial charge in [-0.2, -0.15) is 5.10 Å². The Labute approximate surface area is 204 Å². The number of H-pyrrole nitrogens is 1. The molecule has 0 saturated heterocycles. The Hall–Kier alpha value is -4.45. The molecule has 0 saturated carbocycles.